The van der Waals surface area contributed by atoms with E-state index in [1.54, 1.807) is 14.0 Å². The van der Waals surface area contributed by atoms with Gasteiger partial charge in [0.2, 0.25) is 12.5 Å². The van der Waals surface area contributed by atoms with Gasteiger partial charge in [0, 0.05) is 19.6 Å². The quantitative estimate of drug-likeness (QED) is 0.738. The number of methoxy groups -OCH3 is 1. The van der Waals surface area contributed by atoms with Gasteiger partial charge in [0.25, 0.3) is 0 Å². The molecule has 0 unspecified atom stereocenters. The van der Waals surface area contributed by atoms with Gasteiger partial charge < -0.3 is 29.6 Å². The van der Waals surface area contributed by atoms with Gasteiger partial charge in [-0.05, 0) is 24.6 Å². The molecular weight excluding hydrogens is 276 g/mol. The van der Waals surface area contributed by atoms with Crippen molar-refractivity contribution in [3.05, 3.63) is 17.7 Å². The highest BCUT2D eigenvalue weighted by Gasteiger charge is 2.19. The molecule has 0 saturated heterocycles. The summed E-state index contributed by atoms with van der Waals surface area (Å²) in [6.07, 6.45) is -0.399. The Bertz CT molecular complexity index is 492. The van der Waals surface area contributed by atoms with Gasteiger partial charge in [0.15, 0.2) is 11.5 Å². The van der Waals surface area contributed by atoms with E-state index in [0.29, 0.717) is 43.5 Å². The molecule has 7 nitrogen and oxygen atoms in total. The lowest BCUT2D eigenvalue weighted by atomic mass is 10.2. The first kappa shape index (κ1) is 15.2. The largest absolute Gasteiger partial charge is 0.493 e. The number of amides is 1. The molecule has 7 heteroatoms. The highest BCUT2D eigenvalue weighted by atomic mass is 16.7. The lowest BCUT2D eigenvalue weighted by Crippen LogP contribution is -2.32. The maximum Gasteiger partial charge on any atom is 0.407 e. The van der Waals surface area contributed by atoms with Crippen LogP contribution in [-0.4, -0.2) is 39.7 Å². The summed E-state index contributed by atoms with van der Waals surface area (Å²) >= 11 is 0. The number of rotatable bonds is 7. The van der Waals surface area contributed by atoms with Crippen LogP contribution >= 0.6 is 0 Å². The summed E-state index contributed by atoms with van der Waals surface area (Å²) in [6, 6.07) is 3.82. The summed E-state index contributed by atoms with van der Waals surface area (Å²) in [7, 11) is 1.60. The van der Waals surface area contributed by atoms with Crippen molar-refractivity contribution in [1.82, 2.24) is 10.6 Å². The summed E-state index contributed by atoms with van der Waals surface area (Å²) in [6.45, 7) is 4.13. The van der Waals surface area contributed by atoms with Crippen LogP contribution in [0.25, 0.3) is 0 Å². The van der Waals surface area contributed by atoms with E-state index in [4.69, 9.17) is 18.9 Å². The van der Waals surface area contributed by atoms with E-state index in [1.807, 2.05) is 12.1 Å². The van der Waals surface area contributed by atoms with E-state index >= 15 is 0 Å². The fraction of sp³-hybridized carbons (Fsp3) is 0.500. The molecule has 0 spiro atoms. The minimum Gasteiger partial charge on any atom is -0.493 e. The van der Waals surface area contributed by atoms with Crippen molar-refractivity contribution in [2.75, 3.05) is 33.6 Å². The normalized spacial score (nSPS) is 12.1. The Kier molecular flexibility index (Phi) is 5.51. The average Bonchev–Trinajstić information content (AvgIpc) is 2.94. The molecule has 2 rings (SSSR count). The second-order valence-corrected chi connectivity index (χ2v) is 4.36. The number of carbonyl (C=O) groups is 1. The molecule has 0 aromatic heterocycles. The zero-order valence-corrected chi connectivity index (χ0v) is 12.2. The first-order valence-electron chi connectivity index (χ1n) is 6.82. The van der Waals surface area contributed by atoms with Crippen LogP contribution in [-0.2, 0) is 11.3 Å². The van der Waals surface area contributed by atoms with Crippen molar-refractivity contribution in [1.29, 1.82) is 0 Å². The van der Waals surface area contributed by atoms with Gasteiger partial charge in [-0.1, -0.05) is 0 Å². The molecule has 0 bridgehead atoms. The summed E-state index contributed by atoms with van der Waals surface area (Å²) in [5.74, 6) is 1.99. The number of fused-ring (bicyclic) bond motifs is 1. The topological polar surface area (TPSA) is 78.1 Å². The SMILES string of the molecule is CCOC(=O)NCCNCc1cc(OC)c2c(c1)OCO2. The van der Waals surface area contributed by atoms with Crippen molar-refractivity contribution in [3.63, 3.8) is 0 Å². The van der Waals surface area contributed by atoms with Crippen LogP contribution in [0.2, 0.25) is 0 Å². The number of hydrogen-bond donors (Lipinski definition) is 2. The van der Waals surface area contributed by atoms with Gasteiger partial charge in [-0.2, -0.15) is 0 Å². The van der Waals surface area contributed by atoms with Crippen LogP contribution in [0.1, 0.15) is 12.5 Å². The van der Waals surface area contributed by atoms with Gasteiger partial charge in [-0.25, -0.2) is 4.79 Å². The highest BCUT2D eigenvalue weighted by molar-refractivity contribution is 5.66. The van der Waals surface area contributed by atoms with Gasteiger partial charge in [-0.3, -0.25) is 0 Å². The van der Waals surface area contributed by atoms with Crippen molar-refractivity contribution in [3.8, 4) is 17.2 Å². The van der Waals surface area contributed by atoms with E-state index in [0.717, 1.165) is 5.56 Å². The molecule has 21 heavy (non-hydrogen) atoms. The van der Waals surface area contributed by atoms with Gasteiger partial charge in [-0.15, -0.1) is 0 Å². The Morgan fingerprint density at radius 3 is 2.95 bits per heavy atom. The predicted molar refractivity (Wildman–Crippen MR) is 75.8 cm³/mol. The lowest BCUT2D eigenvalue weighted by Gasteiger charge is -2.10. The number of alkyl carbamates (subject to hydrolysis) is 1. The minimum atomic E-state index is -0.399. The predicted octanol–water partition coefficient (Wildman–Crippen LogP) is 1.26. The average molecular weight is 296 g/mol. The summed E-state index contributed by atoms with van der Waals surface area (Å²) in [5.41, 5.74) is 1.02. The van der Waals surface area contributed by atoms with Gasteiger partial charge in [0.1, 0.15) is 0 Å². The van der Waals surface area contributed by atoms with E-state index < -0.39 is 6.09 Å². The lowest BCUT2D eigenvalue weighted by molar-refractivity contribution is 0.152. The molecule has 0 fully saturated rings. The van der Waals surface area contributed by atoms with Crippen molar-refractivity contribution in [2.24, 2.45) is 0 Å². The summed E-state index contributed by atoms with van der Waals surface area (Å²) in [5, 5.41) is 5.86. The number of benzene rings is 1. The Morgan fingerprint density at radius 1 is 1.33 bits per heavy atom. The van der Waals surface area contributed by atoms with Crippen LogP contribution in [0.15, 0.2) is 12.1 Å². The smallest absolute Gasteiger partial charge is 0.407 e. The maximum atomic E-state index is 11.1. The molecule has 1 aliphatic heterocycles. The van der Waals surface area contributed by atoms with E-state index in [2.05, 4.69) is 10.6 Å². The molecule has 1 aromatic carbocycles. The monoisotopic (exact) mass is 296 g/mol. The number of hydrogen-bond acceptors (Lipinski definition) is 6. The molecule has 1 heterocycles. The zero-order valence-electron chi connectivity index (χ0n) is 12.2. The van der Waals surface area contributed by atoms with Crippen molar-refractivity contribution >= 4 is 6.09 Å². The standard InChI is InChI=1S/C14H20N2O5/c1-3-19-14(17)16-5-4-15-8-10-6-11(18-2)13-12(7-10)20-9-21-13/h6-7,15H,3-5,8-9H2,1-2H3,(H,16,17). The van der Waals surface area contributed by atoms with Gasteiger partial charge in [0.05, 0.1) is 13.7 Å². The number of ether oxygens (including phenoxy) is 4. The van der Waals surface area contributed by atoms with Crippen molar-refractivity contribution < 1.29 is 23.7 Å². The Labute approximate surface area is 123 Å². The fourth-order valence-corrected chi connectivity index (χ4v) is 1.95. The molecule has 1 aromatic rings. The Balaban J connectivity index is 1.77. The Morgan fingerprint density at radius 2 is 2.19 bits per heavy atom. The molecule has 0 saturated carbocycles. The summed E-state index contributed by atoms with van der Waals surface area (Å²) < 4.78 is 20.7. The fourth-order valence-electron chi connectivity index (χ4n) is 1.95. The van der Waals surface area contributed by atoms with Crippen LogP contribution in [0.4, 0.5) is 4.79 Å². The number of carbonyl (C=O) groups excluding carboxylic acids is 1. The number of nitrogens with one attached hydrogen (secondary N) is 2. The van der Waals surface area contributed by atoms with Crippen LogP contribution in [0.3, 0.4) is 0 Å². The third-order valence-electron chi connectivity index (χ3n) is 2.89. The molecule has 2 N–H and O–H groups in total. The molecule has 116 valence electrons. The summed E-state index contributed by atoms with van der Waals surface area (Å²) in [4.78, 5) is 11.1. The third kappa shape index (κ3) is 4.16. The van der Waals surface area contributed by atoms with Crippen LogP contribution in [0.5, 0.6) is 17.2 Å². The molecular formula is C14H20N2O5. The molecule has 0 radical (unpaired) electrons. The van der Waals surface area contributed by atoms with Crippen molar-refractivity contribution in [2.45, 2.75) is 13.5 Å². The molecule has 0 aliphatic carbocycles. The Hall–Kier alpha value is -2.15. The molecule has 1 amide bonds. The second kappa shape index (κ2) is 7.58. The van der Waals surface area contributed by atoms with E-state index in [9.17, 15) is 4.79 Å². The molecule has 0 atom stereocenters. The minimum absolute atomic E-state index is 0.214. The third-order valence-corrected chi connectivity index (χ3v) is 2.89. The zero-order chi connectivity index (χ0) is 15.1. The van der Waals surface area contributed by atoms with Gasteiger partial charge >= 0.3 is 6.09 Å². The second-order valence-electron chi connectivity index (χ2n) is 4.36. The van der Waals surface area contributed by atoms with E-state index in [-0.39, 0.29) is 6.79 Å². The highest BCUT2D eigenvalue weighted by Crippen LogP contribution is 2.41. The first-order chi connectivity index (χ1) is 10.2. The van der Waals surface area contributed by atoms with Crippen LogP contribution in [0, 0.1) is 0 Å². The van der Waals surface area contributed by atoms with E-state index in [1.165, 1.54) is 0 Å². The first-order valence-corrected chi connectivity index (χ1v) is 6.82. The van der Waals surface area contributed by atoms with Crippen LogP contribution < -0.4 is 24.8 Å². The molecule has 1 aliphatic rings. The maximum absolute atomic E-state index is 11.1.